The molecular weight excluding hydrogens is 407 g/mol. The lowest BCUT2D eigenvalue weighted by molar-refractivity contribution is -0.116. The van der Waals surface area contributed by atoms with Gasteiger partial charge in [0, 0.05) is 17.7 Å². The third-order valence-corrected chi connectivity index (χ3v) is 6.19. The van der Waals surface area contributed by atoms with Gasteiger partial charge in [0.2, 0.25) is 0 Å². The number of phenolic OH excluding ortho intramolecular Hbond substituents is 1. The summed E-state index contributed by atoms with van der Waals surface area (Å²) in [6.07, 6.45) is 0.977. The van der Waals surface area contributed by atoms with Crippen LogP contribution in [0.3, 0.4) is 0 Å². The van der Waals surface area contributed by atoms with Crippen molar-refractivity contribution in [3.05, 3.63) is 94.9 Å². The lowest BCUT2D eigenvalue weighted by atomic mass is 9.78. The number of hydrogen-bond acceptors (Lipinski definition) is 5. The van der Waals surface area contributed by atoms with E-state index in [1.54, 1.807) is 30.3 Å². The molecule has 162 valence electrons. The molecule has 0 unspecified atom stereocenters. The van der Waals surface area contributed by atoms with E-state index in [0.717, 1.165) is 28.2 Å². The van der Waals surface area contributed by atoms with Gasteiger partial charge in [-0.1, -0.05) is 30.3 Å². The van der Waals surface area contributed by atoms with Crippen LogP contribution in [0.1, 0.15) is 35.9 Å². The molecule has 1 heterocycles. The maximum atomic E-state index is 13.5. The normalized spacial score (nSPS) is 19.9. The molecule has 6 heteroatoms. The van der Waals surface area contributed by atoms with Gasteiger partial charge < -0.3 is 20.5 Å². The Labute approximate surface area is 185 Å². The van der Waals surface area contributed by atoms with Crippen molar-refractivity contribution in [3.63, 3.8) is 0 Å². The minimum Gasteiger partial charge on any atom is -0.504 e. The quantitative estimate of drug-likeness (QED) is 0.510. The van der Waals surface area contributed by atoms with Crippen LogP contribution in [0.15, 0.2) is 78.0 Å². The van der Waals surface area contributed by atoms with Crippen LogP contribution in [0.5, 0.6) is 11.5 Å². The molecule has 3 aromatic carbocycles. The van der Waals surface area contributed by atoms with Crippen molar-refractivity contribution < 1.29 is 19.0 Å². The summed E-state index contributed by atoms with van der Waals surface area (Å²) in [5, 5.41) is 17.0. The molecule has 3 N–H and O–H groups in total. The molecule has 0 saturated heterocycles. The van der Waals surface area contributed by atoms with Crippen LogP contribution in [-0.4, -0.2) is 18.0 Å². The smallest absolute Gasteiger partial charge is 0.163 e. The summed E-state index contributed by atoms with van der Waals surface area (Å²) in [6.45, 7) is 0. The molecule has 5 nitrogen and oxygen atoms in total. The first-order valence-corrected chi connectivity index (χ1v) is 10.5. The molecule has 32 heavy (non-hydrogen) atoms. The van der Waals surface area contributed by atoms with Gasteiger partial charge in [-0.2, -0.15) is 0 Å². The standard InChI is InChI=1S/C26H23FN2O3/c1-32-24-14-16(8-11-22(24)30)26-25-21(28-19-4-2-3-5-20(19)29-26)12-17(13-23(25)31)15-6-9-18(27)10-7-15/h2-11,14,17,26,28-30H,12-13H2,1H3/t17-,26-/m0/s1. The Hall–Kier alpha value is -3.80. The van der Waals surface area contributed by atoms with Crippen molar-refractivity contribution in [2.45, 2.75) is 24.8 Å². The SMILES string of the molecule is COc1cc([C@@H]2Nc3ccccc3NC3=C2C(=O)C[C@@H](c2ccc(F)cc2)C3)ccc1O. The average molecular weight is 430 g/mol. The summed E-state index contributed by atoms with van der Waals surface area (Å²) >= 11 is 0. The van der Waals surface area contributed by atoms with Gasteiger partial charge in [0.1, 0.15) is 5.82 Å². The van der Waals surface area contributed by atoms with Crippen molar-refractivity contribution in [2.75, 3.05) is 17.7 Å². The van der Waals surface area contributed by atoms with E-state index in [0.29, 0.717) is 24.2 Å². The summed E-state index contributed by atoms with van der Waals surface area (Å²) < 4.78 is 18.7. The minimum atomic E-state index is -0.405. The van der Waals surface area contributed by atoms with Gasteiger partial charge in [0.25, 0.3) is 0 Å². The van der Waals surface area contributed by atoms with Crippen molar-refractivity contribution >= 4 is 17.2 Å². The average Bonchev–Trinajstić information content (AvgIpc) is 2.97. The summed E-state index contributed by atoms with van der Waals surface area (Å²) in [5.74, 6) is 0.108. The number of ether oxygens (including phenoxy) is 1. The highest BCUT2D eigenvalue weighted by molar-refractivity contribution is 6.01. The van der Waals surface area contributed by atoms with Gasteiger partial charge >= 0.3 is 0 Å². The second-order valence-corrected chi connectivity index (χ2v) is 8.15. The number of Topliss-reactive ketones (excluding diaryl/α,β-unsaturated/α-hetero) is 1. The predicted molar refractivity (Wildman–Crippen MR) is 121 cm³/mol. The maximum absolute atomic E-state index is 13.5. The van der Waals surface area contributed by atoms with E-state index in [1.165, 1.54) is 19.2 Å². The summed E-state index contributed by atoms with van der Waals surface area (Å²) in [4.78, 5) is 13.5. The van der Waals surface area contributed by atoms with Gasteiger partial charge in [0.15, 0.2) is 17.3 Å². The number of aromatic hydroxyl groups is 1. The van der Waals surface area contributed by atoms with E-state index in [2.05, 4.69) is 10.6 Å². The monoisotopic (exact) mass is 430 g/mol. The third kappa shape index (κ3) is 3.58. The summed E-state index contributed by atoms with van der Waals surface area (Å²) in [5.41, 5.74) is 5.06. The molecule has 2 atom stereocenters. The Balaban J connectivity index is 1.61. The first-order chi connectivity index (χ1) is 15.5. The van der Waals surface area contributed by atoms with Crippen molar-refractivity contribution in [1.29, 1.82) is 0 Å². The van der Waals surface area contributed by atoms with Crippen LogP contribution in [0.2, 0.25) is 0 Å². The van der Waals surface area contributed by atoms with Gasteiger partial charge in [0.05, 0.1) is 24.5 Å². The minimum absolute atomic E-state index is 0.0328. The van der Waals surface area contributed by atoms with Crippen molar-refractivity contribution in [3.8, 4) is 11.5 Å². The zero-order chi connectivity index (χ0) is 22.2. The van der Waals surface area contributed by atoms with Crippen LogP contribution in [0, 0.1) is 5.82 Å². The number of phenols is 1. The molecule has 0 bridgehead atoms. The molecule has 0 radical (unpaired) electrons. The predicted octanol–water partition coefficient (Wildman–Crippen LogP) is 5.52. The van der Waals surface area contributed by atoms with Gasteiger partial charge in [-0.25, -0.2) is 4.39 Å². The number of carbonyl (C=O) groups is 1. The number of anilines is 2. The molecule has 2 aliphatic rings. The molecule has 1 aliphatic carbocycles. The first kappa shape index (κ1) is 20.1. The number of nitrogens with one attached hydrogen (secondary N) is 2. The number of fused-ring (bicyclic) bond motifs is 1. The number of halogens is 1. The fourth-order valence-electron chi connectivity index (χ4n) is 4.59. The van der Waals surface area contributed by atoms with E-state index in [-0.39, 0.29) is 23.3 Å². The zero-order valence-electron chi connectivity index (χ0n) is 17.6. The van der Waals surface area contributed by atoms with E-state index >= 15 is 0 Å². The van der Waals surface area contributed by atoms with E-state index in [1.807, 2.05) is 24.3 Å². The highest BCUT2D eigenvalue weighted by Gasteiger charge is 2.36. The number of allylic oxidation sites excluding steroid dienone is 1. The lowest BCUT2D eigenvalue weighted by Crippen LogP contribution is -2.26. The Kier molecular flexibility index (Phi) is 5.05. The Bertz CT molecular complexity index is 1220. The fourth-order valence-corrected chi connectivity index (χ4v) is 4.59. The Morgan fingerprint density at radius 1 is 0.969 bits per heavy atom. The largest absolute Gasteiger partial charge is 0.504 e. The van der Waals surface area contributed by atoms with E-state index in [4.69, 9.17) is 4.74 Å². The van der Waals surface area contributed by atoms with Crippen molar-refractivity contribution in [2.24, 2.45) is 0 Å². The molecule has 0 spiro atoms. The summed E-state index contributed by atoms with van der Waals surface area (Å²) in [7, 11) is 1.50. The highest BCUT2D eigenvalue weighted by Crippen LogP contribution is 2.45. The van der Waals surface area contributed by atoms with Crippen LogP contribution < -0.4 is 15.4 Å². The first-order valence-electron chi connectivity index (χ1n) is 10.5. The third-order valence-electron chi connectivity index (χ3n) is 6.19. The fraction of sp³-hybridized carbons (Fsp3) is 0.192. The number of benzene rings is 3. The molecule has 3 aromatic rings. The van der Waals surface area contributed by atoms with E-state index in [9.17, 15) is 14.3 Å². The number of ketones is 1. The Morgan fingerprint density at radius 3 is 2.44 bits per heavy atom. The van der Waals surface area contributed by atoms with Crippen LogP contribution in [0.25, 0.3) is 0 Å². The molecule has 5 rings (SSSR count). The molecular formula is C26H23FN2O3. The lowest BCUT2D eigenvalue weighted by Gasteiger charge is -2.30. The highest BCUT2D eigenvalue weighted by atomic mass is 19.1. The number of para-hydroxylation sites is 2. The van der Waals surface area contributed by atoms with Crippen LogP contribution in [-0.2, 0) is 4.79 Å². The van der Waals surface area contributed by atoms with Crippen LogP contribution >= 0.6 is 0 Å². The Morgan fingerprint density at radius 2 is 1.69 bits per heavy atom. The topological polar surface area (TPSA) is 70.6 Å². The molecule has 0 fully saturated rings. The molecule has 0 aromatic heterocycles. The molecule has 0 saturated carbocycles. The van der Waals surface area contributed by atoms with Crippen molar-refractivity contribution in [1.82, 2.24) is 0 Å². The van der Waals surface area contributed by atoms with Gasteiger partial charge in [-0.05, 0) is 59.9 Å². The second kappa shape index (κ2) is 8.04. The molecule has 1 aliphatic heterocycles. The van der Waals surface area contributed by atoms with Gasteiger partial charge in [-0.15, -0.1) is 0 Å². The summed E-state index contributed by atoms with van der Waals surface area (Å²) in [6, 6.07) is 18.9. The molecule has 0 amide bonds. The maximum Gasteiger partial charge on any atom is 0.163 e. The number of rotatable bonds is 3. The number of carbonyl (C=O) groups excluding carboxylic acids is 1. The van der Waals surface area contributed by atoms with Crippen LogP contribution in [0.4, 0.5) is 15.8 Å². The van der Waals surface area contributed by atoms with E-state index < -0.39 is 6.04 Å². The van der Waals surface area contributed by atoms with Gasteiger partial charge in [-0.3, -0.25) is 4.79 Å². The second-order valence-electron chi connectivity index (χ2n) is 8.15. The zero-order valence-corrected chi connectivity index (χ0v) is 17.6. The number of hydrogen-bond donors (Lipinski definition) is 3. The number of methoxy groups -OCH3 is 1.